The first kappa shape index (κ1) is 18.6. The van der Waals surface area contributed by atoms with Crippen molar-refractivity contribution in [1.29, 1.82) is 0 Å². The summed E-state index contributed by atoms with van der Waals surface area (Å²) >= 11 is 7.07. The van der Waals surface area contributed by atoms with E-state index in [0.717, 1.165) is 10.6 Å². The van der Waals surface area contributed by atoms with E-state index in [1.54, 1.807) is 0 Å². The third-order valence-corrected chi connectivity index (χ3v) is 5.06. The van der Waals surface area contributed by atoms with Gasteiger partial charge in [0.25, 0.3) is 0 Å². The maximum atomic E-state index is 13.2. The number of amides is 2. The van der Waals surface area contributed by atoms with Crippen LogP contribution in [-0.2, 0) is 22.5 Å². The summed E-state index contributed by atoms with van der Waals surface area (Å²) in [6.45, 7) is 1.42. The number of benzene rings is 1. The van der Waals surface area contributed by atoms with Gasteiger partial charge in [-0.1, -0.05) is 22.9 Å². The highest BCUT2D eigenvalue weighted by molar-refractivity contribution is 7.15. The smallest absolute Gasteiger partial charge is 0.413 e. The van der Waals surface area contributed by atoms with Crippen LogP contribution in [0, 0.1) is 5.82 Å². The highest BCUT2D eigenvalue weighted by atomic mass is 35.5. The number of carbonyl (C=O) groups is 2. The van der Waals surface area contributed by atoms with Gasteiger partial charge in [-0.25, -0.2) is 14.2 Å². The summed E-state index contributed by atoms with van der Waals surface area (Å²) in [4.78, 5) is 30.8. The molecule has 26 heavy (non-hydrogen) atoms. The molecule has 1 aliphatic heterocycles. The molecule has 0 fully saturated rings. The molecular weight excluding hydrogens is 383 g/mol. The van der Waals surface area contributed by atoms with Crippen molar-refractivity contribution in [2.75, 3.05) is 30.8 Å². The Kier molecular flexibility index (Phi) is 5.70. The molecule has 0 unspecified atom stereocenters. The van der Waals surface area contributed by atoms with Crippen molar-refractivity contribution in [2.45, 2.75) is 13.0 Å². The zero-order valence-corrected chi connectivity index (χ0v) is 15.4. The van der Waals surface area contributed by atoms with E-state index in [4.69, 9.17) is 11.6 Å². The first-order chi connectivity index (χ1) is 12.4. The fourth-order valence-electron chi connectivity index (χ4n) is 2.55. The van der Waals surface area contributed by atoms with Crippen molar-refractivity contribution in [1.82, 2.24) is 9.88 Å². The van der Waals surface area contributed by atoms with E-state index in [2.05, 4.69) is 20.4 Å². The Labute approximate surface area is 158 Å². The molecule has 2 amide bonds. The molecule has 1 aromatic heterocycles. The van der Waals surface area contributed by atoms with E-state index in [1.807, 2.05) is 4.90 Å². The molecule has 0 radical (unpaired) electrons. The van der Waals surface area contributed by atoms with Crippen molar-refractivity contribution in [3.8, 4) is 0 Å². The van der Waals surface area contributed by atoms with Crippen LogP contribution in [0.5, 0.6) is 0 Å². The molecule has 1 aliphatic rings. The van der Waals surface area contributed by atoms with E-state index in [9.17, 15) is 14.0 Å². The first-order valence-corrected chi connectivity index (χ1v) is 8.95. The lowest BCUT2D eigenvalue weighted by Gasteiger charge is -2.25. The number of ether oxygens (including phenoxy) is 1. The maximum Gasteiger partial charge on any atom is 0.413 e. The summed E-state index contributed by atoms with van der Waals surface area (Å²) in [5.74, 6) is -0.747. The Bertz CT molecular complexity index is 845. The number of anilines is 2. The number of rotatable bonds is 4. The number of carbonyl (C=O) groups excluding carboxylic acids is 2. The topological polar surface area (TPSA) is 83.6 Å². The van der Waals surface area contributed by atoms with Gasteiger partial charge in [-0.2, -0.15) is 0 Å². The van der Waals surface area contributed by atoms with Crippen LogP contribution in [0.2, 0.25) is 5.02 Å². The van der Waals surface area contributed by atoms with Gasteiger partial charge in [0.2, 0.25) is 5.91 Å². The van der Waals surface area contributed by atoms with Crippen molar-refractivity contribution >= 4 is 45.8 Å². The molecule has 2 aromatic rings. The summed E-state index contributed by atoms with van der Waals surface area (Å²) in [6.07, 6.45) is 0.120. The van der Waals surface area contributed by atoms with Crippen LogP contribution < -0.4 is 10.6 Å². The predicted octanol–water partition coefficient (Wildman–Crippen LogP) is 3.11. The van der Waals surface area contributed by atoms with Crippen molar-refractivity contribution in [3.63, 3.8) is 0 Å². The Morgan fingerprint density at radius 2 is 2.23 bits per heavy atom. The molecule has 2 N–H and O–H groups in total. The highest BCUT2D eigenvalue weighted by Gasteiger charge is 2.23. The summed E-state index contributed by atoms with van der Waals surface area (Å²) in [5.41, 5.74) is 1.37. The van der Waals surface area contributed by atoms with Crippen LogP contribution in [0.3, 0.4) is 0 Å². The molecule has 0 saturated heterocycles. The number of fused-ring (bicyclic) bond motifs is 1. The van der Waals surface area contributed by atoms with Crippen LogP contribution in [0.15, 0.2) is 18.2 Å². The molecule has 2 heterocycles. The van der Waals surface area contributed by atoms with Gasteiger partial charge in [-0.15, -0.1) is 0 Å². The van der Waals surface area contributed by atoms with Crippen molar-refractivity contribution in [3.05, 3.63) is 39.6 Å². The van der Waals surface area contributed by atoms with Gasteiger partial charge < -0.3 is 10.1 Å². The monoisotopic (exact) mass is 398 g/mol. The molecular formula is C16H16ClFN4O3S. The number of aromatic nitrogens is 1. The number of nitrogens with one attached hydrogen (secondary N) is 2. The Morgan fingerprint density at radius 3 is 2.96 bits per heavy atom. The maximum absolute atomic E-state index is 13.2. The number of hydrogen-bond acceptors (Lipinski definition) is 6. The lowest BCUT2D eigenvalue weighted by molar-refractivity contribution is -0.117. The number of methoxy groups -OCH3 is 1. The van der Waals surface area contributed by atoms with E-state index < -0.39 is 11.9 Å². The van der Waals surface area contributed by atoms with Gasteiger partial charge in [0.1, 0.15) is 5.82 Å². The molecule has 0 saturated carbocycles. The Balaban J connectivity index is 1.57. The van der Waals surface area contributed by atoms with Gasteiger partial charge in [0, 0.05) is 30.1 Å². The zero-order valence-electron chi connectivity index (χ0n) is 13.8. The second kappa shape index (κ2) is 7.98. The SMILES string of the molecule is COC(=O)Nc1nc2c(s1)CN(CC(=O)Nc1ccc(F)c(Cl)c1)CC2. The number of thiazole rings is 1. The van der Waals surface area contributed by atoms with E-state index in [-0.39, 0.29) is 17.5 Å². The van der Waals surface area contributed by atoms with E-state index in [0.29, 0.717) is 30.3 Å². The second-order valence-electron chi connectivity index (χ2n) is 5.64. The first-order valence-electron chi connectivity index (χ1n) is 7.75. The van der Waals surface area contributed by atoms with Gasteiger partial charge in [-0.05, 0) is 18.2 Å². The minimum atomic E-state index is -0.565. The number of nitrogens with zero attached hydrogens (tertiary/aromatic N) is 2. The fourth-order valence-corrected chi connectivity index (χ4v) is 3.77. The molecule has 7 nitrogen and oxygen atoms in total. The van der Waals surface area contributed by atoms with Crippen LogP contribution in [-0.4, -0.2) is 42.1 Å². The minimum absolute atomic E-state index is 0.0410. The highest BCUT2D eigenvalue weighted by Crippen LogP contribution is 2.28. The van der Waals surface area contributed by atoms with Crippen LogP contribution in [0.1, 0.15) is 10.6 Å². The predicted molar refractivity (Wildman–Crippen MR) is 97.2 cm³/mol. The Morgan fingerprint density at radius 1 is 1.42 bits per heavy atom. The summed E-state index contributed by atoms with van der Waals surface area (Å²) in [5, 5.41) is 5.69. The zero-order chi connectivity index (χ0) is 18.7. The average Bonchev–Trinajstić information content (AvgIpc) is 2.99. The van der Waals surface area contributed by atoms with Crippen molar-refractivity contribution in [2.24, 2.45) is 0 Å². The Hall–Kier alpha value is -2.23. The van der Waals surface area contributed by atoms with Gasteiger partial charge >= 0.3 is 6.09 Å². The number of hydrogen-bond donors (Lipinski definition) is 2. The molecule has 1 aromatic carbocycles. The second-order valence-corrected chi connectivity index (χ2v) is 7.13. The lowest BCUT2D eigenvalue weighted by atomic mass is 10.2. The number of halogens is 2. The molecule has 0 atom stereocenters. The minimum Gasteiger partial charge on any atom is -0.453 e. The van der Waals surface area contributed by atoms with Crippen LogP contribution >= 0.6 is 22.9 Å². The van der Waals surface area contributed by atoms with E-state index in [1.165, 1.54) is 36.6 Å². The third-order valence-electron chi connectivity index (χ3n) is 3.78. The summed E-state index contributed by atoms with van der Waals surface area (Å²) < 4.78 is 17.7. The quantitative estimate of drug-likeness (QED) is 0.826. The van der Waals surface area contributed by atoms with E-state index >= 15 is 0 Å². The van der Waals surface area contributed by atoms with Crippen molar-refractivity contribution < 1.29 is 18.7 Å². The molecule has 138 valence electrons. The average molecular weight is 399 g/mol. The lowest BCUT2D eigenvalue weighted by Crippen LogP contribution is -2.36. The third kappa shape index (κ3) is 4.48. The van der Waals surface area contributed by atoms with Crippen LogP contribution in [0.4, 0.5) is 20.0 Å². The normalized spacial score (nSPS) is 13.8. The molecule has 0 spiro atoms. The summed E-state index contributed by atoms with van der Waals surface area (Å²) in [7, 11) is 1.29. The van der Waals surface area contributed by atoms with Gasteiger partial charge in [-0.3, -0.25) is 15.0 Å². The molecule has 3 rings (SSSR count). The molecule has 0 aliphatic carbocycles. The summed E-state index contributed by atoms with van der Waals surface area (Å²) in [6, 6.07) is 4.04. The van der Waals surface area contributed by atoms with Gasteiger partial charge in [0.05, 0.1) is 24.4 Å². The van der Waals surface area contributed by atoms with Crippen LogP contribution in [0.25, 0.3) is 0 Å². The van der Waals surface area contributed by atoms with Gasteiger partial charge in [0.15, 0.2) is 5.13 Å². The standard InChI is InChI=1S/C16H16ClFN4O3S/c1-25-16(24)21-15-20-12-4-5-22(7-13(12)26-15)8-14(23)19-9-2-3-11(18)10(17)6-9/h2-3,6H,4-5,7-8H2,1H3,(H,19,23)(H,20,21,24). The molecule has 10 heteroatoms. The fraction of sp³-hybridized carbons (Fsp3) is 0.312. The largest absolute Gasteiger partial charge is 0.453 e. The molecule has 0 bridgehead atoms.